The third kappa shape index (κ3) is 5.46. The van der Waals surface area contributed by atoms with Crippen LogP contribution in [0, 0.1) is 0 Å². The zero-order valence-corrected chi connectivity index (χ0v) is 21.7. The van der Waals surface area contributed by atoms with Crippen LogP contribution >= 0.6 is 12.4 Å². The van der Waals surface area contributed by atoms with Gasteiger partial charge in [-0.2, -0.15) is 0 Å². The van der Waals surface area contributed by atoms with E-state index in [0.717, 1.165) is 50.1 Å². The van der Waals surface area contributed by atoms with Gasteiger partial charge in [0.15, 0.2) is 5.76 Å². The Labute approximate surface area is 222 Å². The van der Waals surface area contributed by atoms with Gasteiger partial charge in [-0.25, -0.2) is 0 Å². The normalized spacial score (nSPS) is 16.8. The van der Waals surface area contributed by atoms with Crippen molar-refractivity contribution in [3.8, 4) is 23.1 Å². The zero-order valence-electron chi connectivity index (χ0n) is 20.9. The number of fused-ring (bicyclic) bond motifs is 2. The molecule has 0 amide bonds. The summed E-state index contributed by atoms with van der Waals surface area (Å²) in [5, 5.41) is 19.6. The first-order chi connectivity index (χ1) is 17.7. The molecule has 0 saturated carbocycles. The molecule has 196 valence electrons. The summed E-state index contributed by atoms with van der Waals surface area (Å²) in [6.07, 6.45) is 3.29. The molecule has 2 aliphatic rings. The minimum absolute atomic E-state index is 0. The molecule has 0 spiro atoms. The predicted molar refractivity (Wildman–Crippen MR) is 142 cm³/mol. The Bertz CT molecular complexity index is 1340. The fraction of sp³-hybridized carbons (Fsp3) is 0.429. The van der Waals surface area contributed by atoms with E-state index in [4.69, 9.17) is 18.3 Å². The van der Waals surface area contributed by atoms with Crippen molar-refractivity contribution < 1.29 is 23.4 Å². The number of halogens is 1. The third-order valence-corrected chi connectivity index (χ3v) is 7.17. The van der Waals surface area contributed by atoms with Crippen LogP contribution in [0.2, 0.25) is 0 Å². The Morgan fingerprint density at radius 2 is 1.97 bits per heavy atom. The molecule has 2 aromatic heterocycles. The van der Waals surface area contributed by atoms with Crippen LogP contribution in [0.25, 0.3) is 22.6 Å². The monoisotopic (exact) mass is 525 g/mol. The number of aromatic nitrogens is 2. The van der Waals surface area contributed by atoms with Crippen molar-refractivity contribution in [3.63, 3.8) is 0 Å². The summed E-state index contributed by atoms with van der Waals surface area (Å²) >= 11 is 0. The molecule has 0 unspecified atom stereocenters. The lowest BCUT2D eigenvalue weighted by Gasteiger charge is -2.33. The number of aryl methyl sites for hydroxylation is 1. The largest absolute Gasteiger partial charge is 0.493 e. The molecule has 8 nitrogen and oxygen atoms in total. The first kappa shape index (κ1) is 25.6. The molecule has 37 heavy (non-hydrogen) atoms. The van der Waals surface area contributed by atoms with Gasteiger partial charge in [0.25, 0.3) is 5.89 Å². The molecule has 4 aromatic rings. The number of β-amino-alcohol motifs (C(OH)–C–C–N with tert-alkyl or cyclic N) is 1. The maximum atomic E-state index is 10.7. The van der Waals surface area contributed by atoms with Crippen LogP contribution in [0.4, 0.5) is 0 Å². The molecule has 9 heteroatoms. The van der Waals surface area contributed by atoms with E-state index in [0.29, 0.717) is 47.8 Å². The molecule has 1 saturated heterocycles. The van der Waals surface area contributed by atoms with Crippen molar-refractivity contribution in [3.05, 3.63) is 59.5 Å². The summed E-state index contributed by atoms with van der Waals surface area (Å²) in [6, 6.07) is 14.1. The number of aliphatic hydroxyl groups is 1. The Morgan fingerprint density at radius 1 is 1.11 bits per heavy atom. The number of furan rings is 1. The third-order valence-electron chi connectivity index (χ3n) is 7.17. The van der Waals surface area contributed by atoms with E-state index in [9.17, 15) is 5.11 Å². The van der Waals surface area contributed by atoms with Crippen LogP contribution in [-0.2, 0) is 12.8 Å². The highest BCUT2D eigenvalue weighted by Crippen LogP contribution is 2.34. The van der Waals surface area contributed by atoms with Crippen LogP contribution in [-0.4, -0.2) is 59.2 Å². The van der Waals surface area contributed by atoms with Crippen LogP contribution in [0.3, 0.4) is 0 Å². The van der Waals surface area contributed by atoms with Gasteiger partial charge in [-0.3, -0.25) is 0 Å². The molecule has 1 fully saturated rings. The van der Waals surface area contributed by atoms with Gasteiger partial charge in [0, 0.05) is 25.5 Å². The number of hydrogen-bond donors (Lipinski definition) is 1. The Kier molecular flexibility index (Phi) is 7.69. The van der Waals surface area contributed by atoms with E-state index in [1.807, 2.05) is 31.2 Å². The van der Waals surface area contributed by atoms with Gasteiger partial charge < -0.3 is 28.3 Å². The maximum Gasteiger partial charge on any atom is 0.283 e. The lowest BCUT2D eigenvalue weighted by atomic mass is 9.88. The Balaban J connectivity index is 0.00000280. The van der Waals surface area contributed by atoms with Crippen LogP contribution in [0.5, 0.6) is 11.5 Å². The maximum absolute atomic E-state index is 10.7. The van der Waals surface area contributed by atoms with E-state index in [1.54, 1.807) is 0 Å². The van der Waals surface area contributed by atoms with Crippen molar-refractivity contribution >= 4 is 23.4 Å². The van der Waals surface area contributed by atoms with Gasteiger partial charge in [-0.15, -0.1) is 22.6 Å². The van der Waals surface area contributed by atoms with Gasteiger partial charge in [0.1, 0.15) is 29.8 Å². The molecule has 0 aliphatic carbocycles. The number of piperidine rings is 1. The number of nitrogens with zero attached hydrogens (tertiary/aromatic N) is 3. The van der Waals surface area contributed by atoms with Gasteiger partial charge >= 0.3 is 0 Å². The standard InChI is InChI=1S/C28H31N3O5.ClH/c1-2-27-29-30-28(36-27)26-15-22-24(4-3-5-25(22)35-26)34-17-21(32)16-31-11-8-18(9-12-31)19-6-7-23-20(14-19)10-13-33-23;/h3-7,14-15,18,21,32H,2,8-13,16-17H2,1H3;1H/t21-;/m0./s1. The van der Waals surface area contributed by atoms with Crippen LogP contribution in [0.1, 0.15) is 42.7 Å². The van der Waals surface area contributed by atoms with Crippen LogP contribution < -0.4 is 9.47 Å². The summed E-state index contributed by atoms with van der Waals surface area (Å²) in [7, 11) is 0. The average Bonchev–Trinajstić information content (AvgIpc) is 3.66. The van der Waals surface area contributed by atoms with E-state index in [-0.39, 0.29) is 19.0 Å². The zero-order chi connectivity index (χ0) is 24.5. The van der Waals surface area contributed by atoms with Crippen molar-refractivity contribution in [1.29, 1.82) is 0 Å². The number of aliphatic hydroxyl groups excluding tert-OH is 1. The molecule has 2 aromatic carbocycles. The van der Waals surface area contributed by atoms with E-state index in [2.05, 4.69) is 33.3 Å². The number of ether oxygens (including phenoxy) is 2. The highest BCUT2D eigenvalue weighted by atomic mass is 35.5. The van der Waals surface area contributed by atoms with Gasteiger partial charge in [-0.05, 0) is 61.2 Å². The molecule has 0 radical (unpaired) electrons. The first-order valence-corrected chi connectivity index (χ1v) is 12.8. The van der Waals surface area contributed by atoms with E-state index < -0.39 is 6.10 Å². The summed E-state index contributed by atoms with van der Waals surface area (Å²) in [6.45, 7) is 5.51. The van der Waals surface area contributed by atoms with Crippen LogP contribution in [0.15, 0.2) is 51.3 Å². The minimum Gasteiger partial charge on any atom is -0.493 e. The average molecular weight is 526 g/mol. The minimum atomic E-state index is -0.580. The van der Waals surface area contributed by atoms with Crippen molar-refractivity contribution in [2.75, 3.05) is 32.8 Å². The molecule has 4 heterocycles. The Morgan fingerprint density at radius 3 is 2.78 bits per heavy atom. The molecular weight excluding hydrogens is 494 g/mol. The van der Waals surface area contributed by atoms with Crippen molar-refractivity contribution in [1.82, 2.24) is 15.1 Å². The quantitative estimate of drug-likeness (QED) is 0.342. The number of hydrogen-bond acceptors (Lipinski definition) is 8. The lowest BCUT2D eigenvalue weighted by Crippen LogP contribution is -2.40. The number of likely N-dealkylation sites (tertiary alicyclic amines) is 1. The highest BCUT2D eigenvalue weighted by Gasteiger charge is 2.24. The van der Waals surface area contributed by atoms with Crippen molar-refractivity contribution in [2.45, 2.75) is 44.6 Å². The fourth-order valence-corrected chi connectivity index (χ4v) is 5.21. The molecule has 6 rings (SSSR count). The summed E-state index contributed by atoms with van der Waals surface area (Å²) in [5.41, 5.74) is 3.43. The molecule has 2 aliphatic heterocycles. The fourth-order valence-electron chi connectivity index (χ4n) is 5.21. The van der Waals surface area contributed by atoms with Gasteiger partial charge in [0.2, 0.25) is 5.89 Å². The molecule has 1 atom stereocenters. The summed E-state index contributed by atoms with van der Waals surface area (Å²) in [5.74, 6) is 3.70. The topological polar surface area (TPSA) is 94.0 Å². The SMILES string of the molecule is CCc1nnc(-c2cc3c(OC[C@@H](O)CN4CCC(c5ccc6c(c5)CCO6)CC4)cccc3o2)o1.Cl. The predicted octanol–water partition coefficient (Wildman–Crippen LogP) is 5.02. The molecule has 0 bridgehead atoms. The first-order valence-electron chi connectivity index (χ1n) is 12.8. The van der Waals surface area contributed by atoms with E-state index in [1.165, 1.54) is 11.1 Å². The second-order valence-corrected chi connectivity index (χ2v) is 9.64. The lowest BCUT2D eigenvalue weighted by molar-refractivity contribution is 0.0599. The number of rotatable bonds is 8. The number of benzene rings is 2. The molecular formula is C28H32ClN3O5. The highest BCUT2D eigenvalue weighted by molar-refractivity contribution is 5.87. The summed E-state index contributed by atoms with van der Waals surface area (Å²) < 4.78 is 23.2. The summed E-state index contributed by atoms with van der Waals surface area (Å²) in [4.78, 5) is 2.33. The van der Waals surface area contributed by atoms with Gasteiger partial charge in [0.05, 0.1) is 12.0 Å². The van der Waals surface area contributed by atoms with E-state index >= 15 is 0 Å². The second-order valence-electron chi connectivity index (χ2n) is 9.64. The second kappa shape index (κ2) is 11.1. The van der Waals surface area contributed by atoms with Crippen molar-refractivity contribution in [2.24, 2.45) is 0 Å². The Hall–Kier alpha value is -3.07. The smallest absolute Gasteiger partial charge is 0.283 e. The molecule has 1 N–H and O–H groups in total. The van der Waals surface area contributed by atoms with Gasteiger partial charge in [-0.1, -0.05) is 25.1 Å².